The fourth-order valence-electron chi connectivity index (χ4n) is 2.05. The molecule has 0 aliphatic rings. The predicted octanol–water partition coefficient (Wildman–Crippen LogP) is 2.82. The number of carbonyl (C=O) groups excluding carboxylic acids is 1. The van der Waals surface area contributed by atoms with Crippen LogP contribution in [0.4, 0.5) is 5.69 Å². The number of nitrogens with zero attached hydrogens (tertiary/aromatic N) is 2. The van der Waals surface area contributed by atoms with Gasteiger partial charge in [-0.05, 0) is 42.0 Å². The first kappa shape index (κ1) is 17.6. The van der Waals surface area contributed by atoms with Gasteiger partial charge in [-0.15, -0.1) is 0 Å². The Balaban J connectivity index is 2.81. The standard InChI is InChI=1S/C14H20BrN3O3/c1-4-17(5-2)9-10(3)16-14(19)11-7-6-8-12(13(11)15)18(20)21/h6-8,10H,4-5,9H2,1-3H3,(H,16,19). The predicted molar refractivity (Wildman–Crippen MR) is 85.5 cm³/mol. The average molecular weight is 358 g/mol. The van der Waals surface area contributed by atoms with Crippen molar-refractivity contribution in [1.29, 1.82) is 0 Å². The van der Waals surface area contributed by atoms with Crippen LogP contribution in [0, 0.1) is 10.1 Å². The molecule has 1 unspecified atom stereocenters. The topological polar surface area (TPSA) is 75.5 Å². The first-order valence-corrected chi connectivity index (χ1v) is 7.66. The van der Waals surface area contributed by atoms with E-state index >= 15 is 0 Å². The molecule has 1 atom stereocenters. The van der Waals surface area contributed by atoms with Gasteiger partial charge in [-0.1, -0.05) is 19.9 Å². The van der Waals surface area contributed by atoms with Crippen LogP contribution < -0.4 is 5.32 Å². The second kappa shape index (κ2) is 8.09. The van der Waals surface area contributed by atoms with Gasteiger partial charge in [0.25, 0.3) is 11.6 Å². The Morgan fingerprint density at radius 3 is 2.57 bits per heavy atom. The molecule has 0 radical (unpaired) electrons. The molecule has 0 aliphatic heterocycles. The Bertz CT molecular complexity index is 518. The van der Waals surface area contributed by atoms with E-state index in [1.165, 1.54) is 12.1 Å². The molecule has 7 heteroatoms. The maximum Gasteiger partial charge on any atom is 0.284 e. The first-order valence-electron chi connectivity index (χ1n) is 6.86. The van der Waals surface area contributed by atoms with Gasteiger partial charge < -0.3 is 10.2 Å². The van der Waals surface area contributed by atoms with Crippen molar-refractivity contribution in [3.05, 3.63) is 38.3 Å². The summed E-state index contributed by atoms with van der Waals surface area (Å²) in [7, 11) is 0. The molecule has 1 aromatic rings. The van der Waals surface area contributed by atoms with Crippen LogP contribution in [-0.4, -0.2) is 41.4 Å². The third-order valence-corrected chi connectivity index (χ3v) is 4.06. The lowest BCUT2D eigenvalue weighted by atomic mass is 10.1. The summed E-state index contributed by atoms with van der Waals surface area (Å²) in [5.74, 6) is -0.315. The van der Waals surface area contributed by atoms with Crippen molar-refractivity contribution in [2.75, 3.05) is 19.6 Å². The van der Waals surface area contributed by atoms with Crippen LogP contribution in [0.5, 0.6) is 0 Å². The summed E-state index contributed by atoms with van der Waals surface area (Å²) in [4.78, 5) is 24.8. The summed E-state index contributed by atoms with van der Waals surface area (Å²) in [6.07, 6.45) is 0. The molecule has 116 valence electrons. The summed E-state index contributed by atoms with van der Waals surface area (Å²) < 4.78 is 0.211. The Hall–Kier alpha value is -1.47. The lowest BCUT2D eigenvalue weighted by Gasteiger charge is -2.23. The van der Waals surface area contributed by atoms with Crippen molar-refractivity contribution in [2.45, 2.75) is 26.8 Å². The van der Waals surface area contributed by atoms with Crippen molar-refractivity contribution >= 4 is 27.5 Å². The summed E-state index contributed by atoms with van der Waals surface area (Å²) in [6, 6.07) is 4.40. The summed E-state index contributed by atoms with van der Waals surface area (Å²) in [5, 5.41) is 13.7. The van der Waals surface area contributed by atoms with Crippen molar-refractivity contribution in [2.24, 2.45) is 0 Å². The molecule has 0 aliphatic carbocycles. The monoisotopic (exact) mass is 357 g/mol. The van der Waals surface area contributed by atoms with Crippen LogP contribution in [0.15, 0.2) is 22.7 Å². The zero-order valence-electron chi connectivity index (χ0n) is 12.4. The number of likely N-dealkylation sites (N-methyl/N-ethyl adjacent to an activating group) is 1. The minimum absolute atomic E-state index is 0.0384. The molecular formula is C14H20BrN3O3. The van der Waals surface area contributed by atoms with Gasteiger partial charge in [-0.3, -0.25) is 14.9 Å². The number of hydrogen-bond donors (Lipinski definition) is 1. The highest BCUT2D eigenvalue weighted by Gasteiger charge is 2.20. The molecule has 0 saturated heterocycles. The van der Waals surface area contributed by atoms with E-state index in [0.29, 0.717) is 0 Å². The van der Waals surface area contributed by atoms with Gasteiger partial charge in [-0.25, -0.2) is 0 Å². The molecule has 0 saturated carbocycles. The van der Waals surface area contributed by atoms with Gasteiger partial charge in [-0.2, -0.15) is 0 Å². The number of rotatable bonds is 7. The molecule has 6 nitrogen and oxygen atoms in total. The van der Waals surface area contributed by atoms with Crippen LogP contribution in [0.1, 0.15) is 31.1 Å². The van der Waals surface area contributed by atoms with E-state index < -0.39 is 4.92 Å². The maximum absolute atomic E-state index is 12.2. The SMILES string of the molecule is CCN(CC)CC(C)NC(=O)c1cccc([N+](=O)[O-])c1Br. The summed E-state index contributed by atoms with van der Waals surface area (Å²) in [6.45, 7) is 8.62. The molecule has 0 fully saturated rings. The van der Waals surface area contributed by atoms with Crippen LogP contribution >= 0.6 is 15.9 Å². The zero-order valence-corrected chi connectivity index (χ0v) is 14.0. The molecule has 0 spiro atoms. The van der Waals surface area contributed by atoms with Gasteiger partial charge in [0, 0.05) is 18.7 Å². The van der Waals surface area contributed by atoms with E-state index in [1.807, 2.05) is 6.92 Å². The molecule has 0 aromatic heterocycles. The number of amides is 1. The zero-order chi connectivity index (χ0) is 16.0. The van der Waals surface area contributed by atoms with Gasteiger partial charge in [0.05, 0.1) is 10.5 Å². The lowest BCUT2D eigenvalue weighted by molar-refractivity contribution is -0.385. The normalized spacial score (nSPS) is 12.2. The second-order valence-corrected chi connectivity index (χ2v) is 5.55. The molecule has 0 heterocycles. The fraction of sp³-hybridized carbons (Fsp3) is 0.500. The fourth-order valence-corrected chi connectivity index (χ4v) is 2.64. The van der Waals surface area contributed by atoms with E-state index in [-0.39, 0.29) is 27.7 Å². The highest BCUT2D eigenvalue weighted by Crippen LogP contribution is 2.28. The van der Waals surface area contributed by atoms with Crippen molar-refractivity contribution in [3.8, 4) is 0 Å². The third-order valence-electron chi connectivity index (χ3n) is 3.22. The molecule has 21 heavy (non-hydrogen) atoms. The number of hydrogen-bond acceptors (Lipinski definition) is 4. The minimum atomic E-state index is -0.514. The van der Waals surface area contributed by atoms with Crippen molar-refractivity contribution in [1.82, 2.24) is 10.2 Å². The Morgan fingerprint density at radius 1 is 1.43 bits per heavy atom. The molecule has 1 N–H and O–H groups in total. The number of benzene rings is 1. The largest absolute Gasteiger partial charge is 0.348 e. The highest BCUT2D eigenvalue weighted by molar-refractivity contribution is 9.10. The van der Waals surface area contributed by atoms with E-state index in [1.54, 1.807) is 6.07 Å². The minimum Gasteiger partial charge on any atom is -0.348 e. The van der Waals surface area contributed by atoms with Gasteiger partial charge >= 0.3 is 0 Å². The van der Waals surface area contributed by atoms with Crippen LogP contribution in [0.3, 0.4) is 0 Å². The number of halogens is 1. The van der Waals surface area contributed by atoms with Crippen LogP contribution in [0.2, 0.25) is 0 Å². The second-order valence-electron chi connectivity index (χ2n) is 4.76. The van der Waals surface area contributed by atoms with Crippen LogP contribution in [-0.2, 0) is 0 Å². The highest BCUT2D eigenvalue weighted by atomic mass is 79.9. The molecule has 1 rings (SSSR count). The van der Waals surface area contributed by atoms with E-state index in [4.69, 9.17) is 0 Å². The third kappa shape index (κ3) is 4.78. The molecule has 1 aromatic carbocycles. The first-order chi connectivity index (χ1) is 9.90. The van der Waals surface area contributed by atoms with Crippen molar-refractivity contribution in [3.63, 3.8) is 0 Å². The van der Waals surface area contributed by atoms with E-state index in [2.05, 4.69) is 40.0 Å². The summed E-state index contributed by atoms with van der Waals surface area (Å²) >= 11 is 3.14. The van der Waals surface area contributed by atoms with Gasteiger partial charge in [0.15, 0.2) is 0 Å². The van der Waals surface area contributed by atoms with Crippen molar-refractivity contribution < 1.29 is 9.72 Å². The van der Waals surface area contributed by atoms with Gasteiger partial charge in [0.2, 0.25) is 0 Å². The number of nitro benzene ring substituents is 1. The quantitative estimate of drug-likeness (QED) is 0.601. The number of nitrogens with one attached hydrogen (secondary N) is 1. The molecule has 1 amide bonds. The molecular weight excluding hydrogens is 338 g/mol. The van der Waals surface area contributed by atoms with Gasteiger partial charge in [0.1, 0.15) is 4.47 Å². The Morgan fingerprint density at radius 2 is 2.05 bits per heavy atom. The smallest absolute Gasteiger partial charge is 0.284 e. The maximum atomic E-state index is 12.2. The lowest BCUT2D eigenvalue weighted by Crippen LogP contribution is -2.42. The van der Waals surface area contributed by atoms with E-state index in [0.717, 1.165) is 19.6 Å². The number of carbonyl (C=O) groups is 1. The van der Waals surface area contributed by atoms with E-state index in [9.17, 15) is 14.9 Å². The Labute approximate surface area is 132 Å². The average Bonchev–Trinajstić information content (AvgIpc) is 2.44. The Kier molecular flexibility index (Phi) is 6.77. The number of nitro groups is 1. The molecule has 0 bridgehead atoms. The summed E-state index contributed by atoms with van der Waals surface area (Å²) in [5.41, 5.74) is 0.162. The van der Waals surface area contributed by atoms with Crippen LogP contribution in [0.25, 0.3) is 0 Å².